The predicted molar refractivity (Wildman–Crippen MR) is 332 cm³/mol. The molecule has 3 aliphatic rings. The van der Waals surface area contributed by atoms with Crippen molar-refractivity contribution in [3.8, 4) is 0 Å². The molecule has 0 bridgehead atoms. The summed E-state index contributed by atoms with van der Waals surface area (Å²) in [6.07, 6.45) is 17.9. The van der Waals surface area contributed by atoms with E-state index in [0.717, 1.165) is 143 Å². The van der Waals surface area contributed by atoms with Gasteiger partial charge in [-0.15, -0.1) is 11.3 Å². The van der Waals surface area contributed by atoms with Gasteiger partial charge in [0.1, 0.15) is 5.78 Å². The number of ether oxygens (including phenoxy) is 1. The number of unbranched alkanes of at least 4 members (excludes halogenated alkanes) is 4. The fourth-order valence-electron chi connectivity index (χ4n) is 11.3. The number of thiophene rings is 1. The van der Waals surface area contributed by atoms with E-state index in [4.69, 9.17) is 39.5 Å². The fourth-order valence-corrected chi connectivity index (χ4v) is 13.0. The van der Waals surface area contributed by atoms with Crippen molar-refractivity contribution < 1.29 is 39.5 Å². The second-order valence-corrected chi connectivity index (χ2v) is 24.8. The van der Waals surface area contributed by atoms with Gasteiger partial charge in [0.2, 0.25) is 0 Å². The van der Waals surface area contributed by atoms with Crippen LogP contribution in [0.2, 0.25) is 15.1 Å². The van der Waals surface area contributed by atoms with E-state index in [2.05, 4.69) is 92.6 Å². The SMILES string of the molecule is C.C.CC(=O)C(C)(C)CCCCCC(c1ccccc1Cl)N1CCc2[nH]ccc2C1.CCOC(=O)C(C)(C)CCCCCC(c1ccccc1Cl)N1CCc2[nH]ccc2C1.OCC(c1ccccc1Cl)N1CCc2sccc2C1.[Ir]. The Morgan fingerprint density at radius 2 is 1.02 bits per heavy atom. The maximum atomic E-state index is 12.1. The Morgan fingerprint density at radius 3 is 1.48 bits per heavy atom. The Morgan fingerprint density at radius 1 is 0.600 bits per heavy atom. The summed E-state index contributed by atoms with van der Waals surface area (Å²) >= 11 is 21.3. The number of Topliss-reactive ketones (excluding diaryl/α,β-unsaturated/α-hetero) is 1. The van der Waals surface area contributed by atoms with Crippen molar-refractivity contribution in [1.29, 1.82) is 0 Å². The molecule has 0 fully saturated rings. The number of rotatable bonds is 22. The quantitative estimate of drug-likeness (QED) is 0.0459. The second kappa shape index (κ2) is 33.6. The van der Waals surface area contributed by atoms with Gasteiger partial charge in [-0.2, -0.15) is 0 Å². The number of halogens is 3. The molecule has 9 nitrogen and oxygen atoms in total. The normalized spacial score (nSPS) is 15.5. The van der Waals surface area contributed by atoms with Crippen LogP contribution in [0, 0.1) is 10.8 Å². The van der Waals surface area contributed by atoms with E-state index < -0.39 is 5.41 Å². The topological polar surface area (TPSA) is 105 Å². The molecule has 3 aliphatic heterocycles. The van der Waals surface area contributed by atoms with Crippen molar-refractivity contribution in [3.63, 3.8) is 0 Å². The average molecular weight is 1350 g/mol. The third kappa shape index (κ3) is 19.0. The molecule has 0 saturated carbocycles. The van der Waals surface area contributed by atoms with E-state index in [-0.39, 0.29) is 64.8 Å². The van der Waals surface area contributed by atoms with Gasteiger partial charge in [0.25, 0.3) is 0 Å². The van der Waals surface area contributed by atoms with Crippen LogP contribution in [0.4, 0.5) is 0 Å². The van der Waals surface area contributed by atoms with E-state index in [1.165, 1.54) is 44.1 Å². The summed E-state index contributed by atoms with van der Waals surface area (Å²) in [4.78, 5) is 39.5. The van der Waals surface area contributed by atoms with Gasteiger partial charge in [0.15, 0.2) is 0 Å². The maximum absolute atomic E-state index is 12.1. The van der Waals surface area contributed by atoms with Crippen molar-refractivity contribution >= 4 is 57.9 Å². The number of ketones is 1. The molecular formula is C66H92Cl3IrN5O4S. The molecule has 441 valence electrons. The van der Waals surface area contributed by atoms with Gasteiger partial charge >= 0.3 is 5.97 Å². The summed E-state index contributed by atoms with van der Waals surface area (Å²) in [5, 5.41) is 14.4. The third-order valence-corrected chi connectivity index (χ3v) is 18.4. The Hall–Kier alpha value is -3.58. The summed E-state index contributed by atoms with van der Waals surface area (Å²) in [5.41, 5.74) is 9.83. The number of fused-ring (bicyclic) bond motifs is 3. The van der Waals surface area contributed by atoms with Crippen LogP contribution in [0.25, 0.3) is 0 Å². The van der Waals surface area contributed by atoms with Gasteiger partial charge in [-0.1, -0.05) is 157 Å². The zero-order chi connectivity index (χ0) is 55.0. The monoisotopic (exact) mass is 1350 g/mol. The van der Waals surface area contributed by atoms with Gasteiger partial charge in [0.05, 0.1) is 24.7 Å². The molecule has 80 heavy (non-hydrogen) atoms. The van der Waals surface area contributed by atoms with Crippen molar-refractivity contribution in [2.45, 2.75) is 178 Å². The molecule has 0 amide bonds. The van der Waals surface area contributed by atoms with Gasteiger partial charge in [-0.05, 0) is 135 Å². The molecule has 9 rings (SSSR count). The summed E-state index contributed by atoms with van der Waals surface area (Å²) in [6, 6.07) is 31.6. The minimum atomic E-state index is -0.407. The number of esters is 1. The molecule has 3 aromatic heterocycles. The Balaban J connectivity index is 0.000000259. The first-order valence-corrected chi connectivity index (χ1v) is 30.2. The number of H-pyrrole nitrogens is 2. The number of aliphatic hydroxyl groups is 1. The molecule has 3 aromatic carbocycles. The summed E-state index contributed by atoms with van der Waals surface area (Å²) < 4.78 is 5.21. The van der Waals surface area contributed by atoms with Gasteiger partial charge in [-0.25, -0.2) is 0 Å². The number of benzene rings is 3. The third-order valence-electron chi connectivity index (χ3n) is 16.4. The van der Waals surface area contributed by atoms with Crippen LogP contribution in [0.1, 0.15) is 188 Å². The molecule has 0 saturated heterocycles. The zero-order valence-corrected chi connectivity index (χ0v) is 52.3. The van der Waals surface area contributed by atoms with E-state index in [9.17, 15) is 14.7 Å². The number of aromatic amines is 2. The van der Waals surface area contributed by atoms with Crippen molar-refractivity contribution in [3.05, 3.63) is 173 Å². The Kier molecular flexibility index (Phi) is 29.0. The minimum Gasteiger partial charge on any atom is -0.466 e. The van der Waals surface area contributed by atoms with Crippen LogP contribution in [0.5, 0.6) is 0 Å². The predicted octanol–water partition coefficient (Wildman–Crippen LogP) is 17.4. The largest absolute Gasteiger partial charge is 0.466 e. The summed E-state index contributed by atoms with van der Waals surface area (Å²) in [6.45, 7) is 18.1. The number of hydrogen-bond donors (Lipinski definition) is 3. The summed E-state index contributed by atoms with van der Waals surface area (Å²) in [5.74, 6) is 0.201. The molecule has 0 spiro atoms. The number of carbonyl (C=O) groups is 2. The molecule has 14 heteroatoms. The molecule has 3 unspecified atom stereocenters. The molecular weight excluding hydrogens is 1260 g/mol. The average Bonchev–Trinajstić information content (AvgIpc) is 4.28. The number of nitrogens with zero attached hydrogens (tertiary/aromatic N) is 3. The first-order chi connectivity index (χ1) is 37.1. The number of aromatic nitrogens is 2. The van der Waals surface area contributed by atoms with E-state index in [1.54, 1.807) is 6.92 Å². The van der Waals surface area contributed by atoms with Crippen LogP contribution < -0.4 is 0 Å². The van der Waals surface area contributed by atoms with Crippen LogP contribution in [0.3, 0.4) is 0 Å². The molecule has 6 heterocycles. The van der Waals surface area contributed by atoms with E-state index in [1.807, 2.05) is 86.8 Å². The summed E-state index contributed by atoms with van der Waals surface area (Å²) in [7, 11) is 0. The molecule has 3 atom stereocenters. The first-order valence-electron chi connectivity index (χ1n) is 28.2. The molecule has 3 N–H and O–H groups in total. The Labute approximate surface area is 513 Å². The zero-order valence-electron chi connectivity index (χ0n) is 46.9. The first kappa shape index (κ1) is 68.9. The second-order valence-electron chi connectivity index (χ2n) is 22.5. The van der Waals surface area contributed by atoms with Crippen LogP contribution in [0.15, 0.2) is 109 Å². The van der Waals surface area contributed by atoms with Crippen LogP contribution in [-0.2, 0) is 73.3 Å². The van der Waals surface area contributed by atoms with Crippen molar-refractivity contribution in [2.75, 3.05) is 32.8 Å². The number of nitrogens with one attached hydrogen (secondary N) is 2. The maximum Gasteiger partial charge on any atom is 0.311 e. The van der Waals surface area contributed by atoms with Gasteiger partial charge in [-0.3, -0.25) is 24.3 Å². The molecule has 1 radical (unpaired) electrons. The van der Waals surface area contributed by atoms with Crippen molar-refractivity contribution in [2.24, 2.45) is 10.8 Å². The minimum absolute atomic E-state index is 0. The smallest absolute Gasteiger partial charge is 0.311 e. The fraction of sp³-hybridized carbons (Fsp3) is 0.515. The van der Waals surface area contributed by atoms with Crippen LogP contribution >= 0.6 is 46.1 Å². The Bertz CT molecular complexity index is 2790. The van der Waals surface area contributed by atoms with E-state index >= 15 is 0 Å². The number of carbonyl (C=O) groups excluding carboxylic acids is 2. The molecule has 6 aromatic rings. The van der Waals surface area contributed by atoms with Gasteiger partial charge in [0, 0.05) is 133 Å². The van der Waals surface area contributed by atoms with Gasteiger partial charge < -0.3 is 19.8 Å². The van der Waals surface area contributed by atoms with Crippen molar-refractivity contribution in [1.82, 2.24) is 24.7 Å². The number of aliphatic hydroxyl groups excluding tert-OH is 1. The standard InChI is InChI=1S/C25H35ClN2O2.C24H33ClN2O.C15H16ClNOS.2CH4.Ir/c1-4-30-24(29)25(2,3)15-9-5-6-12-23(20-10-7-8-11-21(20)26)28-17-14-22-19(18-28)13-16-27-22;1-18(28)24(2,3)14-8-4-5-11-23(20-9-6-7-10-21(20)25)27-16-13-22-19(17-27)12-15-26-22;16-13-4-2-1-3-12(13)14(10-18)17-7-5-15-11(9-17)6-8-19-15;;;/h7-8,10-11,13,16,23,27H,4-6,9,12,14-15,17-18H2,1-3H3;6-7,9-10,12,15,23,26H,4-5,8,11,13-14,16-17H2,1-3H3;1-4,6,8,14,18H,5,7,9-10H2;2*1H4;. The number of hydrogen-bond acceptors (Lipinski definition) is 8. The van der Waals surface area contributed by atoms with Crippen LogP contribution in [-0.4, -0.2) is 74.4 Å². The molecule has 0 aliphatic carbocycles. The van der Waals surface area contributed by atoms with E-state index in [0.29, 0.717) is 18.7 Å².